The molecule has 5 nitrogen and oxygen atoms in total. The van der Waals surface area contributed by atoms with Crippen LogP contribution in [0.15, 0.2) is 6.33 Å². The van der Waals surface area contributed by atoms with Crippen LogP contribution >= 0.6 is 0 Å². The van der Waals surface area contributed by atoms with E-state index in [0.29, 0.717) is 12.3 Å². The van der Waals surface area contributed by atoms with Gasteiger partial charge in [-0.15, -0.1) is 0 Å². The maximum Gasteiger partial charge on any atom is 0.160 e. The van der Waals surface area contributed by atoms with Gasteiger partial charge in [-0.2, -0.15) is 5.10 Å². The molecule has 94 valence electrons. The second-order valence-electron chi connectivity index (χ2n) is 5.36. The van der Waals surface area contributed by atoms with Gasteiger partial charge in [-0.25, -0.2) is 9.67 Å². The largest absolute Gasteiger partial charge is 0.319 e. The summed E-state index contributed by atoms with van der Waals surface area (Å²) in [6.45, 7) is 5.02. The van der Waals surface area contributed by atoms with E-state index in [0.717, 1.165) is 31.6 Å². The van der Waals surface area contributed by atoms with Gasteiger partial charge in [0.25, 0.3) is 0 Å². The molecule has 1 aromatic rings. The summed E-state index contributed by atoms with van der Waals surface area (Å²) in [6.07, 6.45) is 4.49. The zero-order chi connectivity index (χ0) is 12.5. The summed E-state index contributed by atoms with van der Waals surface area (Å²) in [5.74, 6) is 1.32. The van der Waals surface area contributed by atoms with Crippen molar-refractivity contribution < 1.29 is 4.79 Å². The van der Waals surface area contributed by atoms with Gasteiger partial charge in [-0.1, -0.05) is 13.8 Å². The van der Waals surface area contributed by atoms with E-state index >= 15 is 0 Å². The van der Waals surface area contributed by atoms with Crippen LogP contribution in [0.25, 0.3) is 0 Å². The van der Waals surface area contributed by atoms with Crippen molar-refractivity contribution in [2.45, 2.75) is 51.6 Å². The number of rotatable bonds is 5. The third kappa shape index (κ3) is 2.54. The molecule has 2 rings (SSSR count). The Hall–Kier alpha value is -1.23. The second kappa shape index (κ2) is 4.56. The van der Waals surface area contributed by atoms with Crippen LogP contribution in [0, 0.1) is 5.92 Å². The molecule has 1 fully saturated rings. The first kappa shape index (κ1) is 12.2. The summed E-state index contributed by atoms with van der Waals surface area (Å²) in [6, 6.07) is 0. The lowest BCUT2D eigenvalue weighted by molar-refractivity contribution is -0.126. The number of nitrogens with zero attached hydrogens (tertiary/aromatic N) is 3. The molecule has 0 unspecified atom stereocenters. The number of carbonyl (C=O) groups is 1. The highest BCUT2D eigenvalue weighted by Crippen LogP contribution is 2.30. The van der Waals surface area contributed by atoms with E-state index in [1.165, 1.54) is 6.33 Å². The fourth-order valence-corrected chi connectivity index (χ4v) is 2.08. The molecule has 0 aliphatic heterocycles. The minimum absolute atomic E-state index is 0.0988. The van der Waals surface area contributed by atoms with Crippen molar-refractivity contribution in [2.24, 2.45) is 11.7 Å². The number of Topliss-reactive ketones (excluding diaryl/α,β-unsaturated/α-hetero) is 1. The Morgan fingerprint density at radius 3 is 2.82 bits per heavy atom. The standard InChI is InChI=1S/C12H20N4O/c1-9(2)7-16-11(14-8-15-16)6-10(17)12(13)4-3-5-12/h8-9H,3-7,13H2,1-2H3. The van der Waals surface area contributed by atoms with Crippen LogP contribution < -0.4 is 5.73 Å². The van der Waals surface area contributed by atoms with Gasteiger partial charge < -0.3 is 5.73 Å². The minimum Gasteiger partial charge on any atom is -0.319 e. The van der Waals surface area contributed by atoms with Crippen LogP contribution in [0.3, 0.4) is 0 Å². The highest BCUT2D eigenvalue weighted by molar-refractivity contribution is 5.90. The van der Waals surface area contributed by atoms with Gasteiger partial charge in [0.15, 0.2) is 5.78 Å². The van der Waals surface area contributed by atoms with Crippen LogP contribution in [0.1, 0.15) is 38.9 Å². The maximum absolute atomic E-state index is 12.0. The summed E-state index contributed by atoms with van der Waals surface area (Å²) < 4.78 is 1.81. The Morgan fingerprint density at radius 2 is 2.29 bits per heavy atom. The number of nitrogens with two attached hydrogens (primary N) is 1. The summed E-state index contributed by atoms with van der Waals surface area (Å²) in [4.78, 5) is 16.2. The van der Waals surface area contributed by atoms with E-state index in [1.54, 1.807) is 0 Å². The zero-order valence-electron chi connectivity index (χ0n) is 10.5. The van der Waals surface area contributed by atoms with Gasteiger partial charge >= 0.3 is 0 Å². The minimum atomic E-state index is -0.589. The quantitative estimate of drug-likeness (QED) is 0.825. The molecule has 1 aliphatic carbocycles. The lowest BCUT2D eigenvalue weighted by Crippen LogP contribution is -2.54. The topological polar surface area (TPSA) is 73.8 Å². The van der Waals surface area contributed by atoms with Crippen LogP contribution in [-0.4, -0.2) is 26.1 Å². The van der Waals surface area contributed by atoms with Crippen molar-refractivity contribution in [3.8, 4) is 0 Å². The van der Waals surface area contributed by atoms with Gasteiger partial charge in [-0.05, 0) is 25.2 Å². The molecule has 0 atom stereocenters. The van der Waals surface area contributed by atoms with Gasteiger partial charge in [0.2, 0.25) is 0 Å². The van der Waals surface area contributed by atoms with E-state index in [9.17, 15) is 4.79 Å². The van der Waals surface area contributed by atoms with Crippen molar-refractivity contribution in [1.29, 1.82) is 0 Å². The van der Waals surface area contributed by atoms with Crippen molar-refractivity contribution in [1.82, 2.24) is 14.8 Å². The molecule has 0 bridgehead atoms. The molecule has 1 aromatic heterocycles. The van der Waals surface area contributed by atoms with E-state index < -0.39 is 5.54 Å². The Morgan fingerprint density at radius 1 is 1.59 bits per heavy atom. The molecule has 1 heterocycles. The molecule has 2 N–H and O–H groups in total. The lowest BCUT2D eigenvalue weighted by atomic mass is 9.73. The van der Waals surface area contributed by atoms with Gasteiger partial charge in [-0.3, -0.25) is 4.79 Å². The molecule has 0 aromatic carbocycles. The summed E-state index contributed by atoms with van der Waals surface area (Å²) in [5, 5.41) is 4.15. The molecular formula is C12H20N4O. The maximum atomic E-state index is 12.0. The van der Waals surface area contributed by atoms with Gasteiger partial charge in [0.05, 0.1) is 12.0 Å². The fraction of sp³-hybridized carbons (Fsp3) is 0.750. The Balaban J connectivity index is 2.03. The number of hydrogen-bond acceptors (Lipinski definition) is 4. The molecule has 1 aliphatic rings. The third-order valence-electron chi connectivity index (χ3n) is 3.35. The molecule has 0 saturated heterocycles. The zero-order valence-corrected chi connectivity index (χ0v) is 10.5. The first-order chi connectivity index (χ1) is 8.01. The molecule has 0 amide bonds. The average molecular weight is 236 g/mol. The van der Waals surface area contributed by atoms with Crippen molar-refractivity contribution >= 4 is 5.78 Å². The monoisotopic (exact) mass is 236 g/mol. The van der Waals surface area contributed by atoms with Crippen molar-refractivity contribution in [2.75, 3.05) is 0 Å². The highest BCUT2D eigenvalue weighted by atomic mass is 16.1. The molecule has 1 saturated carbocycles. The summed E-state index contributed by atoms with van der Waals surface area (Å²) in [7, 11) is 0. The van der Waals surface area contributed by atoms with Crippen LogP contribution in [-0.2, 0) is 17.8 Å². The first-order valence-corrected chi connectivity index (χ1v) is 6.20. The average Bonchev–Trinajstić information content (AvgIpc) is 2.61. The first-order valence-electron chi connectivity index (χ1n) is 6.20. The predicted molar refractivity (Wildman–Crippen MR) is 64.3 cm³/mol. The van der Waals surface area contributed by atoms with Crippen LogP contribution in [0.5, 0.6) is 0 Å². The van der Waals surface area contributed by atoms with E-state index in [-0.39, 0.29) is 5.78 Å². The number of aromatic nitrogens is 3. The number of ketones is 1. The highest BCUT2D eigenvalue weighted by Gasteiger charge is 2.39. The van der Waals surface area contributed by atoms with E-state index in [4.69, 9.17) is 5.73 Å². The van der Waals surface area contributed by atoms with Crippen molar-refractivity contribution in [3.05, 3.63) is 12.2 Å². The normalized spacial score (nSPS) is 18.1. The lowest BCUT2D eigenvalue weighted by Gasteiger charge is -2.36. The van der Waals surface area contributed by atoms with E-state index in [1.807, 2.05) is 4.68 Å². The van der Waals surface area contributed by atoms with Crippen molar-refractivity contribution in [3.63, 3.8) is 0 Å². The molecular weight excluding hydrogens is 216 g/mol. The summed E-state index contributed by atoms with van der Waals surface area (Å²) in [5.41, 5.74) is 5.42. The molecule has 17 heavy (non-hydrogen) atoms. The molecule has 5 heteroatoms. The fourth-order valence-electron chi connectivity index (χ4n) is 2.08. The predicted octanol–water partition coefficient (Wildman–Crippen LogP) is 0.927. The third-order valence-corrected chi connectivity index (χ3v) is 3.35. The number of carbonyl (C=O) groups excluding carboxylic acids is 1. The summed E-state index contributed by atoms with van der Waals surface area (Å²) >= 11 is 0. The smallest absolute Gasteiger partial charge is 0.160 e. The van der Waals surface area contributed by atoms with Crippen LogP contribution in [0.2, 0.25) is 0 Å². The molecule has 0 spiro atoms. The SMILES string of the molecule is CC(C)Cn1ncnc1CC(=O)C1(N)CCC1. The van der Waals surface area contributed by atoms with Crippen LogP contribution in [0.4, 0.5) is 0 Å². The van der Waals surface area contributed by atoms with Gasteiger partial charge in [0, 0.05) is 6.54 Å². The van der Waals surface area contributed by atoms with E-state index in [2.05, 4.69) is 23.9 Å². The Bertz CT molecular complexity index is 406. The Labute approximate surface area is 101 Å². The second-order valence-corrected chi connectivity index (χ2v) is 5.36. The Kier molecular flexibility index (Phi) is 3.28. The molecule has 0 radical (unpaired) electrons. The van der Waals surface area contributed by atoms with Gasteiger partial charge in [0.1, 0.15) is 12.2 Å². The number of hydrogen-bond donors (Lipinski definition) is 1.